The summed E-state index contributed by atoms with van der Waals surface area (Å²) in [6.07, 6.45) is 2.04. The van der Waals surface area contributed by atoms with Crippen molar-refractivity contribution in [2.45, 2.75) is 39.7 Å². The minimum Gasteiger partial charge on any atom is -0.314 e. The number of hydrogen-bond acceptors (Lipinski definition) is 1. The smallest absolute Gasteiger partial charge is 0.123 e. The summed E-state index contributed by atoms with van der Waals surface area (Å²) in [6, 6.07) is 5.01. The zero-order valence-corrected chi connectivity index (χ0v) is 12.0. The highest BCUT2D eigenvalue weighted by Gasteiger charge is 2.49. The summed E-state index contributed by atoms with van der Waals surface area (Å²) in [4.78, 5) is 0. The lowest BCUT2D eigenvalue weighted by Crippen LogP contribution is -2.34. The van der Waals surface area contributed by atoms with Gasteiger partial charge in [-0.05, 0) is 54.5 Å². The van der Waals surface area contributed by atoms with Gasteiger partial charge in [0.1, 0.15) is 5.82 Å². The molecule has 18 heavy (non-hydrogen) atoms. The molecule has 1 saturated carbocycles. The highest BCUT2D eigenvalue weighted by Crippen LogP contribution is 2.54. The van der Waals surface area contributed by atoms with Crippen molar-refractivity contribution in [2.24, 2.45) is 11.3 Å². The molecule has 1 aromatic rings. The molecule has 100 valence electrons. The molecule has 1 aliphatic rings. The molecule has 0 spiro atoms. The van der Waals surface area contributed by atoms with Crippen LogP contribution in [0.15, 0.2) is 18.2 Å². The van der Waals surface area contributed by atoms with Gasteiger partial charge < -0.3 is 5.32 Å². The zero-order valence-electron chi connectivity index (χ0n) is 11.3. The highest BCUT2D eigenvalue weighted by atomic mass is 35.5. The molecule has 0 radical (unpaired) electrons. The van der Waals surface area contributed by atoms with Gasteiger partial charge in [-0.3, -0.25) is 0 Å². The van der Waals surface area contributed by atoms with Crippen molar-refractivity contribution in [3.8, 4) is 0 Å². The van der Waals surface area contributed by atoms with Crippen LogP contribution >= 0.6 is 11.6 Å². The van der Waals surface area contributed by atoms with Crippen LogP contribution in [0.25, 0.3) is 0 Å². The number of halogens is 2. The van der Waals surface area contributed by atoms with E-state index in [9.17, 15) is 4.39 Å². The summed E-state index contributed by atoms with van der Waals surface area (Å²) in [6.45, 7) is 7.62. The van der Waals surface area contributed by atoms with Gasteiger partial charge in [0.05, 0.1) is 0 Å². The van der Waals surface area contributed by atoms with Crippen LogP contribution in [0.2, 0.25) is 5.02 Å². The SMILES string of the molecule is CCNC(Cc1cc(F)ccc1Cl)C1CC1(C)C. The van der Waals surface area contributed by atoms with Gasteiger partial charge in [-0.15, -0.1) is 0 Å². The van der Waals surface area contributed by atoms with E-state index < -0.39 is 0 Å². The first-order valence-corrected chi connectivity index (χ1v) is 6.99. The Labute approximate surface area is 114 Å². The molecule has 0 saturated heterocycles. The Bertz CT molecular complexity index is 431. The lowest BCUT2D eigenvalue weighted by molar-refractivity contribution is 0.409. The van der Waals surface area contributed by atoms with Crippen LogP contribution in [-0.2, 0) is 6.42 Å². The topological polar surface area (TPSA) is 12.0 Å². The summed E-state index contributed by atoms with van der Waals surface area (Å²) in [5.41, 5.74) is 1.32. The molecule has 2 unspecified atom stereocenters. The Balaban J connectivity index is 2.11. The Morgan fingerprint density at radius 3 is 2.72 bits per heavy atom. The van der Waals surface area contributed by atoms with E-state index in [0.29, 0.717) is 22.4 Å². The third-order valence-corrected chi connectivity index (χ3v) is 4.36. The van der Waals surface area contributed by atoms with E-state index in [1.165, 1.54) is 12.5 Å². The zero-order chi connectivity index (χ0) is 13.3. The second-order valence-electron chi connectivity index (χ2n) is 5.90. The first-order chi connectivity index (χ1) is 8.44. The predicted molar refractivity (Wildman–Crippen MR) is 74.5 cm³/mol. The normalized spacial score (nSPS) is 22.8. The van der Waals surface area contributed by atoms with Crippen molar-refractivity contribution in [3.05, 3.63) is 34.6 Å². The Morgan fingerprint density at radius 2 is 2.17 bits per heavy atom. The predicted octanol–water partition coefficient (Wildman–Crippen LogP) is 4.05. The summed E-state index contributed by atoms with van der Waals surface area (Å²) < 4.78 is 13.3. The molecular weight excluding hydrogens is 249 g/mol. The van der Waals surface area contributed by atoms with E-state index in [0.717, 1.165) is 18.5 Å². The monoisotopic (exact) mass is 269 g/mol. The first-order valence-electron chi connectivity index (χ1n) is 6.61. The fourth-order valence-electron chi connectivity index (χ4n) is 2.75. The van der Waals surface area contributed by atoms with Gasteiger partial charge in [0, 0.05) is 11.1 Å². The molecule has 2 rings (SSSR count). The third kappa shape index (κ3) is 3.04. The Morgan fingerprint density at radius 1 is 1.50 bits per heavy atom. The number of hydrogen-bond donors (Lipinski definition) is 1. The van der Waals surface area contributed by atoms with Crippen molar-refractivity contribution in [1.29, 1.82) is 0 Å². The fraction of sp³-hybridized carbons (Fsp3) is 0.600. The maximum absolute atomic E-state index is 13.3. The lowest BCUT2D eigenvalue weighted by atomic mass is 9.97. The molecule has 0 aliphatic heterocycles. The van der Waals surface area contributed by atoms with E-state index in [1.54, 1.807) is 12.1 Å². The molecular formula is C15H21ClFN. The molecule has 1 N–H and O–H groups in total. The van der Waals surface area contributed by atoms with E-state index in [-0.39, 0.29) is 5.82 Å². The number of likely N-dealkylation sites (N-methyl/N-ethyl adjacent to an activating group) is 1. The number of benzene rings is 1. The van der Waals surface area contributed by atoms with Gasteiger partial charge >= 0.3 is 0 Å². The van der Waals surface area contributed by atoms with Gasteiger partial charge in [0.15, 0.2) is 0 Å². The average Bonchev–Trinajstić information content (AvgIpc) is 2.92. The second-order valence-corrected chi connectivity index (χ2v) is 6.31. The Hall–Kier alpha value is -0.600. The van der Waals surface area contributed by atoms with E-state index >= 15 is 0 Å². The molecule has 0 heterocycles. The second kappa shape index (κ2) is 5.18. The van der Waals surface area contributed by atoms with Crippen LogP contribution in [0, 0.1) is 17.2 Å². The minimum absolute atomic E-state index is 0.209. The maximum atomic E-state index is 13.3. The summed E-state index contributed by atoms with van der Waals surface area (Å²) in [7, 11) is 0. The molecule has 1 fully saturated rings. The lowest BCUT2D eigenvalue weighted by Gasteiger charge is -2.20. The van der Waals surface area contributed by atoms with Gasteiger partial charge in [0.25, 0.3) is 0 Å². The summed E-state index contributed by atoms with van der Waals surface area (Å²) >= 11 is 6.14. The molecule has 1 nitrogen and oxygen atoms in total. The molecule has 0 amide bonds. The van der Waals surface area contributed by atoms with Crippen LogP contribution in [-0.4, -0.2) is 12.6 Å². The van der Waals surface area contributed by atoms with Crippen molar-refractivity contribution in [3.63, 3.8) is 0 Å². The quantitative estimate of drug-likeness (QED) is 0.850. The standard InChI is InChI=1S/C15H21ClFN/c1-4-18-14(12-9-15(12,2)3)8-10-7-11(17)5-6-13(10)16/h5-7,12,14,18H,4,8-9H2,1-3H3. The number of nitrogens with one attached hydrogen (secondary N) is 1. The third-order valence-electron chi connectivity index (χ3n) is 3.99. The van der Waals surface area contributed by atoms with E-state index in [4.69, 9.17) is 11.6 Å². The van der Waals surface area contributed by atoms with Gasteiger partial charge in [0.2, 0.25) is 0 Å². The molecule has 0 aromatic heterocycles. The van der Waals surface area contributed by atoms with Gasteiger partial charge in [-0.1, -0.05) is 32.4 Å². The molecule has 1 aromatic carbocycles. The average molecular weight is 270 g/mol. The first kappa shape index (κ1) is 13.8. The number of rotatable bonds is 5. The minimum atomic E-state index is -0.209. The van der Waals surface area contributed by atoms with Gasteiger partial charge in [-0.2, -0.15) is 0 Å². The molecule has 0 bridgehead atoms. The summed E-state index contributed by atoms with van der Waals surface area (Å²) in [5, 5.41) is 4.18. The van der Waals surface area contributed by atoms with Crippen LogP contribution in [0.5, 0.6) is 0 Å². The maximum Gasteiger partial charge on any atom is 0.123 e. The van der Waals surface area contributed by atoms with Crippen molar-refractivity contribution in [2.75, 3.05) is 6.54 Å². The molecule has 1 aliphatic carbocycles. The Kier molecular flexibility index (Phi) is 3.98. The van der Waals surface area contributed by atoms with Crippen molar-refractivity contribution >= 4 is 11.6 Å². The van der Waals surface area contributed by atoms with Gasteiger partial charge in [-0.25, -0.2) is 4.39 Å². The van der Waals surface area contributed by atoms with Crippen molar-refractivity contribution in [1.82, 2.24) is 5.32 Å². The highest BCUT2D eigenvalue weighted by molar-refractivity contribution is 6.31. The van der Waals surface area contributed by atoms with Crippen molar-refractivity contribution < 1.29 is 4.39 Å². The molecule has 2 atom stereocenters. The van der Waals surface area contributed by atoms with Crippen LogP contribution in [0.1, 0.15) is 32.8 Å². The van der Waals surface area contributed by atoms with Crippen LogP contribution < -0.4 is 5.32 Å². The van der Waals surface area contributed by atoms with E-state index in [1.807, 2.05) is 0 Å². The fourth-order valence-corrected chi connectivity index (χ4v) is 2.94. The van der Waals surface area contributed by atoms with Crippen LogP contribution in [0.3, 0.4) is 0 Å². The van der Waals surface area contributed by atoms with E-state index in [2.05, 4.69) is 26.1 Å². The van der Waals surface area contributed by atoms with Crippen LogP contribution in [0.4, 0.5) is 4.39 Å². The summed E-state index contributed by atoms with van der Waals surface area (Å²) in [5.74, 6) is 0.455. The largest absolute Gasteiger partial charge is 0.314 e. The molecule has 3 heteroatoms.